The van der Waals surface area contributed by atoms with E-state index in [1.807, 2.05) is 54.6 Å². The van der Waals surface area contributed by atoms with Crippen LogP contribution in [0.3, 0.4) is 0 Å². The average Bonchev–Trinajstić information content (AvgIpc) is 2.93. The van der Waals surface area contributed by atoms with Crippen molar-refractivity contribution in [1.29, 1.82) is 0 Å². The summed E-state index contributed by atoms with van der Waals surface area (Å²) >= 11 is 0. The van der Waals surface area contributed by atoms with Gasteiger partial charge < -0.3 is 4.79 Å². The van der Waals surface area contributed by atoms with E-state index in [-0.39, 0.29) is 24.7 Å². The Bertz CT molecular complexity index is 706. The molecule has 1 atom stereocenters. The van der Waals surface area contributed by atoms with E-state index in [9.17, 15) is 14.4 Å². The van der Waals surface area contributed by atoms with E-state index < -0.39 is 6.04 Å². The van der Waals surface area contributed by atoms with Crippen molar-refractivity contribution in [3.63, 3.8) is 0 Å². The van der Waals surface area contributed by atoms with Crippen molar-refractivity contribution in [3.05, 3.63) is 60.2 Å². The largest absolute Gasteiger partial charge is 0.301 e. The van der Waals surface area contributed by atoms with Crippen LogP contribution in [0.4, 0.5) is 0 Å². The summed E-state index contributed by atoms with van der Waals surface area (Å²) in [5.74, 6) is -0.513. The minimum absolute atomic E-state index is 0.204. The van der Waals surface area contributed by atoms with Gasteiger partial charge in [-0.15, -0.1) is 0 Å². The Balaban J connectivity index is 1.76. The monoisotopic (exact) mass is 307 g/mol. The lowest BCUT2D eigenvalue weighted by molar-refractivity contribution is -0.143. The quantitative estimate of drug-likeness (QED) is 0.630. The molecule has 0 saturated carbocycles. The fourth-order valence-electron chi connectivity index (χ4n) is 2.87. The van der Waals surface area contributed by atoms with E-state index in [4.69, 9.17) is 0 Å². The molecule has 0 spiro atoms. The number of likely N-dealkylation sites (tertiary alicyclic amines) is 1. The van der Waals surface area contributed by atoms with E-state index in [0.717, 1.165) is 21.6 Å². The molecule has 0 N–H and O–H groups in total. The standard InChI is InChI=1S/C19H17NO3/c21-13-17(20-18(22)10-11-19(20)23)12-14-6-8-16(9-7-14)15-4-2-1-3-5-15/h1-9,13,17H,10-12H2/t17-/m1/s1. The Kier molecular flexibility index (Phi) is 4.33. The van der Waals surface area contributed by atoms with Crippen molar-refractivity contribution in [2.75, 3.05) is 0 Å². The smallest absolute Gasteiger partial charge is 0.230 e. The second kappa shape index (κ2) is 6.57. The molecule has 0 aromatic heterocycles. The van der Waals surface area contributed by atoms with Crippen LogP contribution in [-0.2, 0) is 20.8 Å². The maximum atomic E-state index is 11.8. The molecule has 2 aromatic carbocycles. The van der Waals surface area contributed by atoms with Crippen LogP contribution in [0.25, 0.3) is 11.1 Å². The fraction of sp³-hybridized carbons (Fsp3) is 0.211. The molecule has 0 bridgehead atoms. The Hall–Kier alpha value is -2.75. The summed E-state index contributed by atoms with van der Waals surface area (Å²) in [6.45, 7) is 0. The Morgan fingerprint density at radius 2 is 1.43 bits per heavy atom. The van der Waals surface area contributed by atoms with E-state index in [0.29, 0.717) is 12.7 Å². The predicted molar refractivity (Wildman–Crippen MR) is 86.5 cm³/mol. The molecular formula is C19H17NO3. The molecule has 3 rings (SSSR count). The average molecular weight is 307 g/mol. The lowest BCUT2D eigenvalue weighted by Crippen LogP contribution is -2.41. The van der Waals surface area contributed by atoms with Gasteiger partial charge >= 0.3 is 0 Å². The summed E-state index contributed by atoms with van der Waals surface area (Å²) in [4.78, 5) is 36.0. The molecule has 0 aliphatic carbocycles. The van der Waals surface area contributed by atoms with Crippen LogP contribution in [-0.4, -0.2) is 29.0 Å². The van der Waals surface area contributed by atoms with E-state index in [1.165, 1.54) is 0 Å². The topological polar surface area (TPSA) is 54.5 Å². The van der Waals surface area contributed by atoms with Gasteiger partial charge in [-0.3, -0.25) is 14.5 Å². The van der Waals surface area contributed by atoms with Gasteiger partial charge in [-0.2, -0.15) is 0 Å². The lowest BCUT2D eigenvalue weighted by atomic mass is 10.0. The Morgan fingerprint density at radius 3 is 2.00 bits per heavy atom. The zero-order chi connectivity index (χ0) is 16.2. The summed E-state index contributed by atoms with van der Waals surface area (Å²) in [5.41, 5.74) is 3.13. The van der Waals surface area contributed by atoms with Crippen LogP contribution in [0, 0.1) is 0 Å². The normalized spacial score (nSPS) is 15.7. The minimum Gasteiger partial charge on any atom is -0.301 e. The van der Waals surface area contributed by atoms with Gasteiger partial charge in [0.05, 0.1) is 6.04 Å². The third-order valence-electron chi connectivity index (χ3n) is 4.08. The van der Waals surface area contributed by atoms with Gasteiger partial charge in [0.1, 0.15) is 6.29 Å². The highest BCUT2D eigenvalue weighted by atomic mass is 16.2. The van der Waals surface area contributed by atoms with Gasteiger partial charge in [0, 0.05) is 19.3 Å². The first-order valence-corrected chi connectivity index (χ1v) is 7.63. The number of imide groups is 1. The number of hydrogen-bond acceptors (Lipinski definition) is 3. The Morgan fingerprint density at radius 1 is 0.870 bits per heavy atom. The highest BCUT2D eigenvalue weighted by Gasteiger charge is 2.34. The van der Waals surface area contributed by atoms with Gasteiger partial charge in [0.15, 0.2) is 0 Å². The first-order chi connectivity index (χ1) is 11.2. The molecule has 0 radical (unpaired) electrons. The second-order valence-electron chi connectivity index (χ2n) is 5.63. The van der Waals surface area contributed by atoms with Gasteiger partial charge in [-0.25, -0.2) is 0 Å². The van der Waals surface area contributed by atoms with E-state index in [1.54, 1.807) is 0 Å². The molecule has 23 heavy (non-hydrogen) atoms. The molecule has 1 fully saturated rings. The van der Waals surface area contributed by atoms with Crippen molar-refractivity contribution in [1.82, 2.24) is 4.90 Å². The first-order valence-electron chi connectivity index (χ1n) is 7.63. The summed E-state index contributed by atoms with van der Waals surface area (Å²) in [7, 11) is 0. The molecule has 1 heterocycles. The first kappa shape index (κ1) is 15.2. The highest BCUT2D eigenvalue weighted by molar-refractivity contribution is 6.04. The zero-order valence-corrected chi connectivity index (χ0v) is 12.6. The number of amides is 2. The summed E-state index contributed by atoms with van der Waals surface area (Å²) in [5, 5.41) is 0. The minimum atomic E-state index is -0.708. The SMILES string of the molecule is O=C[C@@H](Cc1ccc(-c2ccccc2)cc1)N1C(=O)CCC1=O. The second-order valence-corrected chi connectivity index (χ2v) is 5.63. The van der Waals surface area contributed by atoms with Gasteiger partial charge in [0.2, 0.25) is 11.8 Å². The van der Waals surface area contributed by atoms with Crippen molar-refractivity contribution >= 4 is 18.1 Å². The maximum Gasteiger partial charge on any atom is 0.230 e. The number of carbonyl (C=O) groups excluding carboxylic acids is 3. The van der Waals surface area contributed by atoms with Crippen molar-refractivity contribution < 1.29 is 14.4 Å². The molecule has 1 aliphatic heterocycles. The van der Waals surface area contributed by atoms with Crippen LogP contribution in [0.5, 0.6) is 0 Å². The molecule has 116 valence electrons. The van der Waals surface area contributed by atoms with Crippen molar-refractivity contribution in [3.8, 4) is 11.1 Å². The number of carbonyl (C=O) groups is 3. The summed E-state index contributed by atoms with van der Waals surface area (Å²) in [6, 6.07) is 17.1. The third kappa shape index (κ3) is 3.21. The number of rotatable bonds is 5. The molecular weight excluding hydrogens is 290 g/mol. The molecule has 2 aromatic rings. The number of nitrogens with zero attached hydrogens (tertiary/aromatic N) is 1. The molecule has 1 saturated heterocycles. The van der Waals surface area contributed by atoms with E-state index >= 15 is 0 Å². The van der Waals surface area contributed by atoms with Crippen LogP contribution >= 0.6 is 0 Å². The van der Waals surface area contributed by atoms with Crippen LogP contribution in [0.2, 0.25) is 0 Å². The molecule has 0 unspecified atom stereocenters. The van der Waals surface area contributed by atoms with Crippen LogP contribution < -0.4 is 0 Å². The third-order valence-corrected chi connectivity index (χ3v) is 4.08. The maximum absolute atomic E-state index is 11.8. The number of benzene rings is 2. The van der Waals surface area contributed by atoms with Crippen LogP contribution in [0.1, 0.15) is 18.4 Å². The molecule has 4 heteroatoms. The van der Waals surface area contributed by atoms with Crippen molar-refractivity contribution in [2.24, 2.45) is 0 Å². The lowest BCUT2D eigenvalue weighted by Gasteiger charge is -2.21. The summed E-state index contributed by atoms with van der Waals surface area (Å²) in [6.07, 6.45) is 1.45. The van der Waals surface area contributed by atoms with Crippen LogP contribution in [0.15, 0.2) is 54.6 Å². The molecule has 2 amide bonds. The van der Waals surface area contributed by atoms with Gasteiger partial charge in [-0.1, -0.05) is 54.6 Å². The fourth-order valence-corrected chi connectivity index (χ4v) is 2.87. The number of hydrogen-bond donors (Lipinski definition) is 0. The van der Waals surface area contributed by atoms with Crippen molar-refractivity contribution in [2.45, 2.75) is 25.3 Å². The zero-order valence-electron chi connectivity index (χ0n) is 12.6. The summed E-state index contributed by atoms with van der Waals surface area (Å²) < 4.78 is 0. The highest BCUT2D eigenvalue weighted by Crippen LogP contribution is 2.21. The predicted octanol–water partition coefficient (Wildman–Crippen LogP) is 2.61. The number of aldehydes is 1. The van der Waals surface area contributed by atoms with E-state index in [2.05, 4.69) is 0 Å². The molecule has 4 nitrogen and oxygen atoms in total. The molecule has 1 aliphatic rings. The Labute approximate surface area is 134 Å². The van der Waals surface area contributed by atoms with Gasteiger partial charge in [0.25, 0.3) is 0 Å². The van der Waals surface area contributed by atoms with Gasteiger partial charge in [-0.05, 0) is 16.7 Å².